The average Bonchev–Trinajstić information content (AvgIpc) is 3.25. The predicted molar refractivity (Wildman–Crippen MR) is 113 cm³/mol. The molecule has 0 spiro atoms. The van der Waals surface area contributed by atoms with Gasteiger partial charge in [-0.1, -0.05) is 0 Å². The Morgan fingerprint density at radius 1 is 1.21 bits per heavy atom. The number of aromatic nitrogens is 2. The van der Waals surface area contributed by atoms with Gasteiger partial charge in [0.05, 0.1) is 28.0 Å². The fourth-order valence-corrected chi connectivity index (χ4v) is 4.95. The van der Waals surface area contributed by atoms with Gasteiger partial charge in [0.25, 0.3) is 5.91 Å². The first-order valence-corrected chi connectivity index (χ1v) is 10.4. The average molecular weight is 412 g/mol. The molecule has 4 aromatic rings. The number of thiazole rings is 1. The molecular formula is C20H17N3O3S2. The molecule has 6 nitrogen and oxygen atoms in total. The minimum atomic E-state index is -0.462. The summed E-state index contributed by atoms with van der Waals surface area (Å²) in [7, 11) is 0. The van der Waals surface area contributed by atoms with E-state index in [-0.39, 0.29) is 12.5 Å². The number of rotatable bonds is 4. The molecular weight excluding hydrogens is 394 g/mol. The number of aryl methyl sites for hydroxylation is 2. The van der Waals surface area contributed by atoms with Crippen LogP contribution < -0.4 is 5.32 Å². The van der Waals surface area contributed by atoms with Crippen LogP contribution in [0.4, 0.5) is 5.69 Å². The Bertz CT molecular complexity index is 1230. The van der Waals surface area contributed by atoms with Crippen molar-refractivity contribution in [2.45, 2.75) is 20.8 Å². The second-order valence-electron chi connectivity index (χ2n) is 6.28. The minimum Gasteiger partial charge on any atom is -0.462 e. The van der Waals surface area contributed by atoms with Crippen LogP contribution in [0.15, 0.2) is 29.8 Å². The van der Waals surface area contributed by atoms with Crippen LogP contribution in [0.25, 0.3) is 20.4 Å². The van der Waals surface area contributed by atoms with Crippen molar-refractivity contribution >= 4 is 60.7 Å². The number of ether oxygens (including phenoxy) is 1. The van der Waals surface area contributed by atoms with Gasteiger partial charge in [-0.05, 0) is 50.6 Å². The number of thiophene rings is 1. The highest BCUT2D eigenvalue weighted by Crippen LogP contribution is 2.38. The third kappa shape index (κ3) is 3.25. The Labute approximate surface area is 169 Å². The molecule has 142 valence electrons. The second-order valence-corrected chi connectivity index (χ2v) is 8.16. The topological polar surface area (TPSA) is 81.2 Å². The first kappa shape index (κ1) is 18.5. The summed E-state index contributed by atoms with van der Waals surface area (Å²) in [6, 6.07) is 7.28. The van der Waals surface area contributed by atoms with Crippen LogP contribution in [-0.2, 0) is 4.74 Å². The minimum absolute atomic E-state index is 0.258. The van der Waals surface area contributed by atoms with E-state index in [1.165, 1.54) is 22.7 Å². The summed E-state index contributed by atoms with van der Waals surface area (Å²) in [5.41, 5.74) is 5.36. The molecule has 8 heteroatoms. The lowest BCUT2D eigenvalue weighted by Gasteiger charge is -2.09. The van der Waals surface area contributed by atoms with E-state index < -0.39 is 5.97 Å². The third-order valence-electron chi connectivity index (χ3n) is 4.28. The van der Waals surface area contributed by atoms with Crippen LogP contribution in [0, 0.1) is 13.8 Å². The monoisotopic (exact) mass is 411 g/mol. The summed E-state index contributed by atoms with van der Waals surface area (Å²) in [5.74, 6) is -0.753. The number of hydrogen-bond acceptors (Lipinski definition) is 7. The van der Waals surface area contributed by atoms with E-state index in [9.17, 15) is 9.59 Å². The van der Waals surface area contributed by atoms with Crippen molar-refractivity contribution in [2.24, 2.45) is 0 Å². The van der Waals surface area contributed by atoms with Gasteiger partial charge in [-0.25, -0.2) is 14.8 Å². The summed E-state index contributed by atoms with van der Waals surface area (Å²) in [6.45, 7) is 5.85. The summed E-state index contributed by atoms with van der Waals surface area (Å²) < 4.78 is 6.12. The summed E-state index contributed by atoms with van der Waals surface area (Å²) in [5, 5.41) is 3.69. The molecule has 0 saturated heterocycles. The summed E-state index contributed by atoms with van der Waals surface area (Å²) in [6.07, 6.45) is 0. The van der Waals surface area contributed by atoms with Gasteiger partial charge < -0.3 is 10.1 Å². The number of amides is 1. The molecule has 0 bridgehead atoms. The van der Waals surface area contributed by atoms with Crippen LogP contribution in [-0.4, -0.2) is 28.5 Å². The van der Waals surface area contributed by atoms with Crippen molar-refractivity contribution in [2.75, 3.05) is 11.9 Å². The van der Waals surface area contributed by atoms with Gasteiger partial charge in [0.1, 0.15) is 9.71 Å². The van der Waals surface area contributed by atoms with Crippen LogP contribution >= 0.6 is 22.7 Å². The molecule has 1 amide bonds. The number of carbonyl (C=O) groups excluding carboxylic acids is 2. The lowest BCUT2D eigenvalue weighted by Crippen LogP contribution is -2.14. The molecule has 0 aliphatic carbocycles. The van der Waals surface area contributed by atoms with Crippen molar-refractivity contribution in [3.8, 4) is 0 Å². The molecule has 0 aliphatic heterocycles. The maximum absolute atomic E-state index is 12.9. The van der Waals surface area contributed by atoms with Crippen molar-refractivity contribution in [1.82, 2.24) is 9.97 Å². The van der Waals surface area contributed by atoms with Gasteiger partial charge >= 0.3 is 5.97 Å². The summed E-state index contributed by atoms with van der Waals surface area (Å²) >= 11 is 2.71. The molecule has 3 heterocycles. The Morgan fingerprint density at radius 2 is 2.04 bits per heavy atom. The molecule has 4 rings (SSSR count). The van der Waals surface area contributed by atoms with E-state index in [0.717, 1.165) is 26.9 Å². The van der Waals surface area contributed by atoms with E-state index in [4.69, 9.17) is 4.74 Å². The number of anilines is 1. The number of carbonyl (C=O) groups is 2. The van der Waals surface area contributed by atoms with Gasteiger partial charge in [0, 0.05) is 16.6 Å². The number of esters is 1. The highest BCUT2D eigenvalue weighted by atomic mass is 32.1. The number of nitrogens with zero attached hydrogens (tertiary/aromatic N) is 2. The number of nitrogens with one attached hydrogen (secondary N) is 1. The van der Waals surface area contributed by atoms with Crippen LogP contribution in [0.1, 0.15) is 38.2 Å². The van der Waals surface area contributed by atoms with Crippen LogP contribution in [0.2, 0.25) is 0 Å². The van der Waals surface area contributed by atoms with Crippen molar-refractivity contribution in [1.29, 1.82) is 0 Å². The van der Waals surface area contributed by atoms with Gasteiger partial charge in [-0.2, -0.15) is 0 Å². The van der Waals surface area contributed by atoms with E-state index in [0.29, 0.717) is 21.0 Å². The third-order valence-corrected chi connectivity index (χ3v) is 6.14. The number of benzene rings is 1. The lowest BCUT2D eigenvalue weighted by atomic mass is 10.1. The van der Waals surface area contributed by atoms with E-state index >= 15 is 0 Å². The van der Waals surface area contributed by atoms with Gasteiger partial charge in [-0.15, -0.1) is 22.7 Å². The molecule has 0 fully saturated rings. The number of hydrogen-bond donors (Lipinski definition) is 1. The van der Waals surface area contributed by atoms with E-state index in [2.05, 4.69) is 15.3 Å². The second kappa shape index (κ2) is 7.29. The molecule has 0 saturated carbocycles. The molecule has 0 radical (unpaired) electrons. The zero-order chi connectivity index (χ0) is 19.8. The fourth-order valence-electron chi connectivity index (χ4n) is 3.08. The standard InChI is InChI=1S/C20H17N3O3S2/c1-4-26-20(25)17-16(15-10(2)7-11(3)22-19(15)28-17)23-18(24)12-5-6-13-14(8-12)27-9-21-13/h5-9H,4H2,1-3H3,(H,23,24). The molecule has 3 aromatic heterocycles. The summed E-state index contributed by atoms with van der Waals surface area (Å²) in [4.78, 5) is 35.2. The van der Waals surface area contributed by atoms with E-state index in [1.807, 2.05) is 26.0 Å². The molecule has 0 aliphatic rings. The lowest BCUT2D eigenvalue weighted by molar-refractivity contribution is 0.0533. The highest BCUT2D eigenvalue weighted by molar-refractivity contribution is 7.21. The Balaban J connectivity index is 1.80. The zero-order valence-electron chi connectivity index (χ0n) is 15.5. The SMILES string of the molecule is CCOC(=O)c1sc2nc(C)cc(C)c2c1NC(=O)c1ccc2ncsc2c1. The van der Waals surface area contributed by atoms with Crippen molar-refractivity contribution in [3.05, 3.63) is 51.5 Å². The predicted octanol–water partition coefficient (Wildman–Crippen LogP) is 4.95. The Hall–Kier alpha value is -2.84. The highest BCUT2D eigenvalue weighted by Gasteiger charge is 2.24. The molecule has 0 unspecified atom stereocenters. The molecule has 1 N–H and O–H groups in total. The van der Waals surface area contributed by atoms with Gasteiger partial charge in [0.2, 0.25) is 0 Å². The Morgan fingerprint density at radius 3 is 2.82 bits per heavy atom. The first-order valence-electron chi connectivity index (χ1n) is 8.70. The van der Waals surface area contributed by atoms with Gasteiger partial charge in [-0.3, -0.25) is 4.79 Å². The normalized spacial score (nSPS) is 11.1. The van der Waals surface area contributed by atoms with Gasteiger partial charge in [0.15, 0.2) is 0 Å². The smallest absolute Gasteiger partial charge is 0.350 e. The Kier molecular flexibility index (Phi) is 4.82. The molecule has 1 aromatic carbocycles. The zero-order valence-corrected chi connectivity index (χ0v) is 17.2. The largest absolute Gasteiger partial charge is 0.462 e. The van der Waals surface area contributed by atoms with E-state index in [1.54, 1.807) is 24.6 Å². The maximum atomic E-state index is 12.9. The van der Waals surface area contributed by atoms with Crippen molar-refractivity contribution in [3.63, 3.8) is 0 Å². The quantitative estimate of drug-likeness (QED) is 0.481. The fraction of sp³-hybridized carbons (Fsp3) is 0.200. The first-order chi connectivity index (χ1) is 13.5. The number of fused-ring (bicyclic) bond motifs is 2. The molecule has 28 heavy (non-hydrogen) atoms. The van der Waals surface area contributed by atoms with Crippen molar-refractivity contribution < 1.29 is 14.3 Å². The molecule has 0 atom stereocenters. The van der Waals surface area contributed by atoms with Crippen LogP contribution in [0.3, 0.4) is 0 Å². The maximum Gasteiger partial charge on any atom is 0.350 e. The van der Waals surface area contributed by atoms with Crippen LogP contribution in [0.5, 0.6) is 0 Å². The number of pyridine rings is 1.